The highest BCUT2D eigenvalue weighted by molar-refractivity contribution is 8.00. The average molecular weight is 180 g/mol. The van der Waals surface area contributed by atoms with Crippen LogP contribution in [0.15, 0.2) is 35.2 Å². The fourth-order valence-electron chi connectivity index (χ4n) is 0.915. The molecule has 0 N–H and O–H groups in total. The predicted octanol–water partition coefficient (Wildman–Crippen LogP) is 2.76. The molecule has 0 saturated heterocycles. The van der Waals surface area contributed by atoms with E-state index in [1.807, 2.05) is 18.2 Å². The lowest BCUT2D eigenvalue weighted by atomic mass is 10.4. The van der Waals surface area contributed by atoms with Crippen molar-refractivity contribution in [2.24, 2.45) is 0 Å². The van der Waals surface area contributed by atoms with E-state index < -0.39 is 0 Å². The van der Waals surface area contributed by atoms with Gasteiger partial charge in [-0.15, -0.1) is 11.8 Å². The Balaban J connectivity index is 2.46. The lowest BCUT2D eigenvalue weighted by Gasteiger charge is -2.05. The highest BCUT2D eigenvalue weighted by atomic mass is 32.2. The highest BCUT2D eigenvalue weighted by Gasteiger charge is 2.01. The van der Waals surface area contributed by atoms with Gasteiger partial charge in [-0.2, -0.15) is 0 Å². The molecule has 0 aliphatic rings. The van der Waals surface area contributed by atoms with Gasteiger partial charge < -0.3 is 4.79 Å². The van der Waals surface area contributed by atoms with E-state index in [2.05, 4.69) is 19.1 Å². The third-order valence-corrected chi connectivity index (χ3v) is 2.65. The molecule has 1 rings (SSSR count). The standard InChI is InChI=1S/C10H12OS/c1-9(7-8-11)12-10-5-3-2-4-6-10/h2-6,8-9H,7H2,1H3. The third kappa shape index (κ3) is 3.09. The van der Waals surface area contributed by atoms with Crippen LogP contribution >= 0.6 is 11.8 Å². The molecular formula is C10H12OS. The van der Waals surface area contributed by atoms with Crippen molar-refractivity contribution in [3.8, 4) is 0 Å². The Bertz CT molecular complexity index is 233. The van der Waals surface area contributed by atoms with Crippen LogP contribution in [0, 0.1) is 0 Å². The van der Waals surface area contributed by atoms with Crippen LogP contribution in [0.4, 0.5) is 0 Å². The number of thioether (sulfide) groups is 1. The monoisotopic (exact) mass is 180 g/mol. The first-order chi connectivity index (χ1) is 5.83. The van der Waals surface area contributed by atoms with Crippen LogP contribution in [0.5, 0.6) is 0 Å². The Morgan fingerprint density at radius 3 is 2.67 bits per heavy atom. The van der Waals surface area contributed by atoms with Crippen molar-refractivity contribution < 1.29 is 4.79 Å². The molecule has 0 fully saturated rings. The first kappa shape index (κ1) is 9.33. The molecule has 0 spiro atoms. The summed E-state index contributed by atoms with van der Waals surface area (Å²) in [5.74, 6) is 0. The van der Waals surface area contributed by atoms with Crippen LogP contribution in [0.25, 0.3) is 0 Å². The summed E-state index contributed by atoms with van der Waals surface area (Å²) in [6, 6.07) is 10.1. The molecule has 64 valence electrons. The molecule has 0 radical (unpaired) electrons. The number of carbonyl (C=O) groups is 1. The van der Waals surface area contributed by atoms with Gasteiger partial charge in [-0.1, -0.05) is 25.1 Å². The Morgan fingerprint density at radius 2 is 2.08 bits per heavy atom. The Morgan fingerprint density at radius 1 is 1.42 bits per heavy atom. The fourth-order valence-corrected chi connectivity index (χ4v) is 1.87. The SMILES string of the molecule is CC(CC=O)Sc1ccccc1. The first-order valence-electron chi connectivity index (χ1n) is 3.98. The molecule has 0 heterocycles. The summed E-state index contributed by atoms with van der Waals surface area (Å²) in [7, 11) is 0. The van der Waals surface area contributed by atoms with Crippen LogP contribution in [0.1, 0.15) is 13.3 Å². The maximum absolute atomic E-state index is 10.2. The van der Waals surface area contributed by atoms with Gasteiger partial charge in [0.15, 0.2) is 0 Å². The summed E-state index contributed by atoms with van der Waals surface area (Å²) >= 11 is 1.74. The maximum Gasteiger partial charge on any atom is 0.121 e. The van der Waals surface area contributed by atoms with E-state index in [0.29, 0.717) is 11.7 Å². The minimum Gasteiger partial charge on any atom is -0.303 e. The molecule has 0 saturated carbocycles. The van der Waals surface area contributed by atoms with Crippen molar-refractivity contribution in [1.29, 1.82) is 0 Å². The summed E-state index contributed by atoms with van der Waals surface area (Å²) in [5, 5.41) is 0.380. The van der Waals surface area contributed by atoms with E-state index in [0.717, 1.165) is 6.29 Å². The second kappa shape index (κ2) is 4.99. The lowest BCUT2D eigenvalue weighted by Crippen LogP contribution is -1.95. The van der Waals surface area contributed by atoms with Gasteiger partial charge in [0.1, 0.15) is 6.29 Å². The van der Waals surface area contributed by atoms with Gasteiger partial charge in [0, 0.05) is 16.6 Å². The molecule has 1 atom stereocenters. The predicted molar refractivity (Wildman–Crippen MR) is 52.4 cm³/mol. The summed E-state index contributed by atoms with van der Waals surface area (Å²) in [6.07, 6.45) is 1.60. The molecule has 1 unspecified atom stereocenters. The first-order valence-corrected chi connectivity index (χ1v) is 4.86. The van der Waals surface area contributed by atoms with Gasteiger partial charge in [-0.3, -0.25) is 0 Å². The number of rotatable bonds is 4. The van der Waals surface area contributed by atoms with Gasteiger partial charge in [-0.05, 0) is 12.1 Å². The van der Waals surface area contributed by atoms with Crippen LogP contribution in [-0.2, 0) is 4.79 Å². The zero-order valence-corrected chi connectivity index (χ0v) is 7.88. The summed E-state index contributed by atoms with van der Waals surface area (Å²) in [6.45, 7) is 2.06. The third-order valence-electron chi connectivity index (χ3n) is 1.51. The molecule has 2 heteroatoms. The highest BCUT2D eigenvalue weighted by Crippen LogP contribution is 2.23. The van der Waals surface area contributed by atoms with Gasteiger partial charge in [-0.25, -0.2) is 0 Å². The summed E-state index contributed by atoms with van der Waals surface area (Å²) in [4.78, 5) is 11.4. The maximum atomic E-state index is 10.2. The van der Waals surface area contributed by atoms with Gasteiger partial charge in [0.2, 0.25) is 0 Å². The van der Waals surface area contributed by atoms with Crippen molar-refractivity contribution >= 4 is 18.0 Å². The van der Waals surface area contributed by atoms with Gasteiger partial charge >= 0.3 is 0 Å². The van der Waals surface area contributed by atoms with E-state index >= 15 is 0 Å². The van der Waals surface area contributed by atoms with Crippen molar-refractivity contribution in [3.05, 3.63) is 30.3 Å². The van der Waals surface area contributed by atoms with Crippen molar-refractivity contribution in [2.45, 2.75) is 23.5 Å². The van der Waals surface area contributed by atoms with Crippen molar-refractivity contribution in [3.63, 3.8) is 0 Å². The molecule has 0 amide bonds. The normalized spacial score (nSPS) is 12.4. The van der Waals surface area contributed by atoms with E-state index in [9.17, 15) is 4.79 Å². The molecule has 0 aromatic heterocycles. The van der Waals surface area contributed by atoms with Crippen LogP contribution in [0.2, 0.25) is 0 Å². The number of carbonyl (C=O) groups excluding carboxylic acids is 1. The quantitative estimate of drug-likeness (QED) is 0.523. The molecule has 1 aromatic rings. The van der Waals surface area contributed by atoms with Crippen molar-refractivity contribution in [2.75, 3.05) is 0 Å². The summed E-state index contributed by atoms with van der Waals surface area (Å²) < 4.78 is 0. The second-order valence-electron chi connectivity index (χ2n) is 2.64. The van der Waals surface area contributed by atoms with Gasteiger partial charge in [0.25, 0.3) is 0 Å². The minimum absolute atomic E-state index is 0.380. The van der Waals surface area contributed by atoms with E-state index in [1.54, 1.807) is 11.8 Å². The van der Waals surface area contributed by atoms with Crippen molar-refractivity contribution in [1.82, 2.24) is 0 Å². The number of hydrogen-bond acceptors (Lipinski definition) is 2. The van der Waals surface area contributed by atoms with Crippen LogP contribution in [-0.4, -0.2) is 11.5 Å². The smallest absolute Gasteiger partial charge is 0.121 e. The molecule has 12 heavy (non-hydrogen) atoms. The minimum atomic E-state index is 0.380. The zero-order chi connectivity index (χ0) is 8.81. The number of benzene rings is 1. The fraction of sp³-hybridized carbons (Fsp3) is 0.300. The van der Waals surface area contributed by atoms with Gasteiger partial charge in [0.05, 0.1) is 0 Å². The molecule has 0 aliphatic carbocycles. The zero-order valence-electron chi connectivity index (χ0n) is 7.07. The molecule has 0 bridgehead atoms. The molecule has 0 aliphatic heterocycles. The molecule has 1 nitrogen and oxygen atoms in total. The number of aldehydes is 1. The van der Waals surface area contributed by atoms with E-state index in [1.165, 1.54) is 4.90 Å². The molecule has 1 aromatic carbocycles. The van der Waals surface area contributed by atoms with Crippen LogP contribution in [0.3, 0.4) is 0 Å². The topological polar surface area (TPSA) is 17.1 Å². The summed E-state index contributed by atoms with van der Waals surface area (Å²) in [5.41, 5.74) is 0. The largest absolute Gasteiger partial charge is 0.303 e. The Labute approximate surface area is 77.2 Å². The average Bonchev–Trinajstić information content (AvgIpc) is 2.06. The van der Waals surface area contributed by atoms with E-state index in [-0.39, 0.29) is 0 Å². The Hall–Kier alpha value is -0.760. The number of hydrogen-bond donors (Lipinski definition) is 0. The Kier molecular flexibility index (Phi) is 3.88. The molecular weight excluding hydrogens is 168 g/mol. The van der Waals surface area contributed by atoms with E-state index in [4.69, 9.17) is 0 Å². The second-order valence-corrected chi connectivity index (χ2v) is 4.16. The lowest BCUT2D eigenvalue weighted by molar-refractivity contribution is -0.107. The van der Waals surface area contributed by atoms with Crippen LogP contribution < -0.4 is 0 Å².